The zero-order chi connectivity index (χ0) is 19.6. The van der Waals surface area contributed by atoms with Gasteiger partial charge < -0.3 is 10.1 Å². The first kappa shape index (κ1) is 20.0. The quantitative estimate of drug-likeness (QED) is 0.824. The molecule has 6 nitrogen and oxygen atoms in total. The van der Waals surface area contributed by atoms with E-state index in [1.165, 1.54) is 20.5 Å². The number of hydrogen-bond donors (Lipinski definition) is 1. The fraction of sp³-hybridized carbons (Fsp3) is 0.421. The summed E-state index contributed by atoms with van der Waals surface area (Å²) in [5, 5.41) is 2.83. The van der Waals surface area contributed by atoms with Crippen LogP contribution in [-0.4, -0.2) is 44.9 Å². The Bertz CT molecular complexity index is 945. The monoisotopic (exact) mass is 408 g/mol. The minimum absolute atomic E-state index is 0.221. The van der Waals surface area contributed by atoms with E-state index in [1.54, 1.807) is 25.1 Å². The van der Waals surface area contributed by atoms with Gasteiger partial charge in [-0.15, -0.1) is 11.3 Å². The standard InChI is InChI=1S/C19H24N2O4S2/c1-4-16-14(3)11-17(26-16)19(22)20-15-6-5-13(2)18(12-15)27(23,24)21-7-9-25-10-8-21/h5-6,11-12H,4,7-10H2,1-3H3,(H,20,22). The number of nitrogens with zero attached hydrogens (tertiary/aromatic N) is 1. The lowest BCUT2D eigenvalue weighted by Gasteiger charge is -2.26. The molecule has 1 N–H and O–H groups in total. The van der Waals surface area contributed by atoms with E-state index in [-0.39, 0.29) is 10.8 Å². The second-order valence-corrected chi connectivity index (χ2v) is 9.56. The fourth-order valence-corrected chi connectivity index (χ4v) is 5.73. The average Bonchev–Trinajstić information content (AvgIpc) is 3.05. The Morgan fingerprint density at radius 1 is 1.19 bits per heavy atom. The van der Waals surface area contributed by atoms with E-state index < -0.39 is 10.0 Å². The summed E-state index contributed by atoms with van der Waals surface area (Å²) in [7, 11) is -3.62. The predicted molar refractivity (Wildman–Crippen MR) is 107 cm³/mol. The lowest BCUT2D eigenvalue weighted by molar-refractivity contribution is 0.0730. The Morgan fingerprint density at radius 2 is 1.89 bits per heavy atom. The van der Waals surface area contributed by atoms with Crippen molar-refractivity contribution in [2.75, 3.05) is 31.6 Å². The average molecular weight is 409 g/mol. The van der Waals surface area contributed by atoms with E-state index in [1.807, 2.05) is 13.0 Å². The molecule has 1 amide bonds. The van der Waals surface area contributed by atoms with Crippen LogP contribution in [0.5, 0.6) is 0 Å². The zero-order valence-electron chi connectivity index (χ0n) is 15.7. The molecule has 8 heteroatoms. The van der Waals surface area contributed by atoms with E-state index in [9.17, 15) is 13.2 Å². The van der Waals surface area contributed by atoms with Gasteiger partial charge in [0.05, 0.1) is 23.0 Å². The van der Waals surface area contributed by atoms with Gasteiger partial charge in [0.15, 0.2) is 0 Å². The van der Waals surface area contributed by atoms with E-state index in [0.29, 0.717) is 42.4 Å². The normalized spacial score (nSPS) is 15.7. The van der Waals surface area contributed by atoms with Crippen LogP contribution >= 0.6 is 11.3 Å². The number of carbonyl (C=O) groups excluding carboxylic acids is 1. The van der Waals surface area contributed by atoms with Crippen LogP contribution in [0.15, 0.2) is 29.2 Å². The third-order valence-electron chi connectivity index (χ3n) is 4.60. The second kappa shape index (κ2) is 8.10. The molecule has 146 valence electrons. The number of rotatable bonds is 5. The minimum Gasteiger partial charge on any atom is -0.379 e. The van der Waals surface area contributed by atoms with E-state index in [4.69, 9.17) is 4.74 Å². The molecule has 27 heavy (non-hydrogen) atoms. The molecule has 0 spiro atoms. The van der Waals surface area contributed by atoms with Crippen molar-refractivity contribution in [1.29, 1.82) is 0 Å². The Kier molecular flexibility index (Phi) is 6.00. The van der Waals surface area contributed by atoms with Gasteiger partial charge >= 0.3 is 0 Å². The maximum absolute atomic E-state index is 13.0. The van der Waals surface area contributed by atoms with Crippen LogP contribution in [-0.2, 0) is 21.2 Å². The zero-order valence-corrected chi connectivity index (χ0v) is 17.4. The summed E-state index contributed by atoms with van der Waals surface area (Å²) in [5.74, 6) is -0.221. The summed E-state index contributed by atoms with van der Waals surface area (Å²) in [5.41, 5.74) is 2.23. The number of aryl methyl sites for hydroxylation is 3. The van der Waals surface area contributed by atoms with Gasteiger partial charge in [-0.3, -0.25) is 4.79 Å². The van der Waals surface area contributed by atoms with Crippen molar-refractivity contribution >= 4 is 33.0 Å². The number of anilines is 1. The smallest absolute Gasteiger partial charge is 0.265 e. The molecule has 2 heterocycles. The van der Waals surface area contributed by atoms with Gasteiger partial charge in [-0.2, -0.15) is 4.31 Å². The Morgan fingerprint density at radius 3 is 2.52 bits per heavy atom. The van der Waals surface area contributed by atoms with Gasteiger partial charge in [0.1, 0.15) is 0 Å². The number of amides is 1. The molecule has 0 unspecified atom stereocenters. The van der Waals surface area contributed by atoms with Crippen molar-refractivity contribution in [1.82, 2.24) is 4.31 Å². The molecule has 0 radical (unpaired) electrons. The Labute approximate surface area is 164 Å². The van der Waals surface area contributed by atoms with Crippen molar-refractivity contribution in [2.24, 2.45) is 0 Å². The third kappa shape index (κ3) is 4.24. The number of hydrogen-bond acceptors (Lipinski definition) is 5. The summed E-state index contributed by atoms with van der Waals surface area (Å²) in [4.78, 5) is 14.6. The van der Waals surface area contributed by atoms with Crippen molar-refractivity contribution < 1.29 is 17.9 Å². The molecule has 0 aliphatic carbocycles. The third-order valence-corrected chi connectivity index (χ3v) is 8.02. The summed E-state index contributed by atoms with van der Waals surface area (Å²) in [6.45, 7) is 7.28. The predicted octanol–water partition coefficient (Wildman–Crippen LogP) is 3.20. The topological polar surface area (TPSA) is 75.7 Å². The van der Waals surface area contributed by atoms with Crippen LogP contribution in [0.25, 0.3) is 0 Å². The van der Waals surface area contributed by atoms with Gasteiger partial charge in [-0.25, -0.2) is 8.42 Å². The molecule has 0 saturated carbocycles. The van der Waals surface area contributed by atoms with E-state index in [0.717, 1.165) is 12.0 Å². The van der Waals surface area contributed by atoms with Crippen LogP contribution in [0.1, 0.15) is 32.6 Å². The van der Waals surface area contributed by atoms with E-state index >= 15 is 0 Å². The first-order valence-corrected chi connectivity index (χ1v) is 11.2. The van der Waals surface area contributed by atoms with Crippen molar-refractivity contribution in [3.63, 3.8) is 0 Å². The summed E-state index contributed by atoms with van der Waals surface area (Å²) >= 11 is 1.47. The van der Waals surface area contributed by atoms with Gasteiger partial charge in [0.2, 0.25) is 10.0 Å². The lowest BCUT2D eigenvalue weighted by Crippen LogP contribution is -2.40. The highest BCUT2D eigenvalue weighted by molar-refractivity contribution is 7.89. The largest absolute Gasteiger partial charge is 0.379 e. The van der Waals surface area contributed by atoms with Gasteiger partial charge in [-0.1, -0.05) is 13.0 Å². The van der Waals surface area contributed by atoms with Gasteiger partial charge in [0.25, 0.3) is 5.91 Å². The maximum Gasteiger partial charge on any atom is 0.265 e. The van der Waals surface area contributed by atoms with Crippen molar-refractivity contribution in [2.45, 2.75) is 32.1 Å². The molecule has 3 rings (SSSR count). The number of nitrogens with one attached hydrogen (secondary N) is 1. The highest BCUT2D eigenvalue weighted by Crippen LogP contribution is 2.26. The number of sulfonamides is 1. The lowest BCUT2D eigenvalue weighted by atomic mass is 10.2. The van der Waals surface area contributed by atoms with Gasteiger partial charge in [-0.05, 0) is 49.6 Å². The van der Waals surface area contributed by atoms with Crippen molar-refractivity contribution in [3.05, 3.63) is 45.1 Å². The molecule has 1 aromatic heterocycles. The van der Waals surface area contributed by atoms with Crippen LogP contribution in [0.4, 0.5) is 5.69 Å². The summed E-state index contributed by atoms with van der Waals surface area (Å²) in [6.07, 6.45) is 0.885. The minimum atomic E-state index is -3.62. The molecule has 2 aromatic rings. The van der Waals surface area contributed by atoms with Crippen LogP contribution in [0, 0.1) is 13.8 Å². The highest BCUT2D eigenvalue weighted by atomic mass is 32.2. The fourth-order valence-electron chi connectivity index (χ4n) is 3.06. The van der Waals surface area contributed by atoms with Gasteiger partial charge in [0, 0.05) is 23.7 Å². The van der Waals surface area contributed by atoms with Crippen molar-refractivity contribution in [3.8, 4) is 0 Å². The number of morpholine rings is 1. The maximum atomic E-state index is 13.0. The number of thiophene rings is 1. The Balaban J connectivity index is 1.85. The molecular weight excluding hydrogens is 384 g/mol. The van der Waals surface area contributed by atoms with Crippen LogP contribution in [0.3, 0.4) is 0 Å². The molecule has 1 aliphatic rings. The Hall–Kier alpha value is -1.74. The summed E-state index contributed by atoms with van der Waals surface area (Å²) in [6, 6.07) is 6.87. The molecule has 0 atom stereocenters. The second-order valence-electron chi connectivity index (χ2n) is 6.52. The molecule has 0 bridgehead atoms. The SMILES string of the molecule is CCc1sc(C(=O)Nc2ccc(C)c(S(=O)(=O)N3CCOCC3)c2)cc1C. The number of ether oxygens (including phenoxy) is 1. The highest BCUT2D eigenvalue weighted by Gasteiger charge is 2.28. The molecular formula is C19H24N2O4S2. The van der Waals surface area contributed by atoms with E-state index in [2.05, 4.69) is 12.2 Å². The summed E-state index contributed by atoms with van der Waals surface area (Å²) < 4.78 is 32.6. The van der Waals surface area contributed by atoms with Crippen LogP contribution in [0.2, 0.25) is 0 Å². The number of carbonyl (C=O) groups is 1. The molecule has 1 fully saturated rings. The first-order chi connectivity index (χ1) is 12.8. The number of benzene rings is 1. The molecule has 1 saturated heterocycles. The molecule has 1 aliphatic heterocycles. The van der Waals surface area contributed by atoms with Crippen LogP contribution < -0.4 is 5.32 Å². The first-order valence-electron chi connectivity index (χ1n) is 8.92. The molecule has 1 aromatic carbocycles.